The second-order valence-corrected chi connectivity index (χ2v) is 3.98. The first kappa shape index (κ1) is 11.8. The summed E-state index contributed by atoms with van der Waals surface area (Å²) < 4.78 is 18.9. The van der Waals surface area contributed by atoms with Gasteiger partial charge in [-0.25, -0.2) is 9.82 Å². The van der Waals surface area contributed by atoms with Crippen LogP contribution in [0.3, 0.4) is 0 Å². The quantitative estimate of drug-likeness (QED) is 0.631. The van der Waals surface area contributed by atoms with Crippen LogP contribution in [-0.4, -0.2) is 0 Å². The molecule has 1 atom stereocenters. The highest BCUT2D eigenvalue weighted by Gasteiger charge is 2.17. The molecule has 2 rings (SSSR count). The van der Waals surface area contributed by atoms with Crippen molar-refractivity contribution < 1.29 is 8.81 Å². The molecule has 90 valence electrons. The summed E-state index contributed by atoms with van der Waals surface area (Å²) in [6, 6.07) is 8.31. The van der Waals surface area contributed by atoms with E-state index in [9.17, 15) is 4.39 Å². The van der Waals surface area contributed by atoms with Crippen molar-refractivity contribution in [2.75, 3.05) is 0 Å². The lowest BCUT2D eigenvalue weighted by Crippen LogP contribution is -2.30. The van der Waals surface area contributed by atoms with Crippen molar-refractivity contribution in [3.8, 4) is 0 Å². The Morgan fingerprint density at radius 3 is 2.71 bits per heavy atom. The molecular formula is C13H15FN2O. The number of rotatable bonds is 4. The van der Waals surface area contributed by atoms with Crippen molar-refractivity contribution in [2.45, 2.75) is 19.4 Å². The summed E-state index contributed by atoms with van der Waals surface area (Å²) in [7, 11) is 0. The van der Waals surface area contributed by atoms with E-state index in [-0.39, 0.29) is 11.9 Å². The van der Waals surface area contributed by atoms with E-state index in [0.29, 0.717) is 12.0 Å². The number of aryl methyl sites for hydroxylation is 1. The molecule has 17 heavy (non-hydrogen) atoms. The molecule has 2 aromatic rings. The van der Waals surface area contributed by atoms with E-state index < -0.39 is 0 Å². The van der Waals surface area contributed by atoms with Gasteiger partial charge in [0.05, 0.1) is 12.3 Å². The van der Waals surface area contributed by atoms with E-state index in [1.165, 1.54) is 6.07 Å². The Bertz CT molecular complexity index is 496. The van der Waals surface area contributed by atoms with Gasteiger partial charge < -0.3 is 4.42 Å². The minimum absolute atomic E-state index is 0.220. The van der Waals surface area contributed by atoms with Gasteiger partial charge in [-0.2, -0.15) is 0 Å². The van der Waals surface area contributed by atoms with E-state index in [1.54, 1.807) is 24.5 Å². The molecule has 4 heteroatoms. The average molecular weight is 234 g/mol. The normalized spacial score (nSPS) is 12.6. The molecule has 1 aromatic carbocycles. The molecule has 1 heterocycles. The first-order chi connectivity index (χ1) is 8.22. The van der Waals surface area contributed by atoms with Gasteiger partial charge in [-0.05, 0) is 36.6 Å². The molecule has 0 aliphatic heterocycles. The van der Waals surface area contributed by atoms with E-state index in [0.717, 1.165) is 11.3 Å². The molecule has 1 unspecified atom stereocenters. The largest absolute Gasteiger partial charge is 0.467 e. The predicted molar refractivity (Wildman–Crippen MR) is 63.6 cm³/mol. The fourth-order valence-electron chi connectivity index (χ4n) is 1.85. The molecule has 0 aliphatic rings. The summed E-state index contributed by atoms with van der Waals surface area (Å²) in [5.74, 6) is 6.02. The molecular weight excluding hydrogens is 219 g/mol. The van der Waals surface area contributed by atoms with E-state index >= 15 is 0 Å². The highest BCUT2D eigenvalue weighted by molar-refractivity contribution is 5.23. The van der Waals surface area contributed by atoms with Crippen molar-refractivity contribution in [1.82, 2.24) is 5.43 Å². The average Bonchev–Trinajstić information content (AvgIpc) is 2.75. The molecule has 1 aromatic heterocycles. The number of halogens is 1. The second kappa shape index (κ2) is 5.12. The van der Waals surface area contributed by atoms with E-state index in [4.69, 9.17) is 10.3 Å². The lowest BCUT2D eigenvalue weighted by Gasteiger charge is -2.14. The number of hydrogen-bond donors (Lipinski definition) is 2. The van der Waals surface area contributed by atoms with Crippen LogP contribution in [0.1, 0.15) is 22.9 Å². The maximum absolute atomic E-state index is 13.5. The molecule has 0 radical (unpaired) electrons. The van der Waals surface area contributed by atoms with Crippen molar-refractivity contribution >= 4 is 0 Å². The molecule has 0 spiro atoms. The topological polar surface area (TPSA) is 51.2 Å². The van der Waals surface area contributed by atoms with Gasteiger partial charge in [-0.15, -0.1) is 0 Å². The Hall–Kier alpha value is -1.65. The Labute approximate surface area is 99.4 Å². The monoisotopic (exact) mass is 234 g/mol. The number of hydrogen-bond acceptors (Lipinski definition) is 3. The third-order valence-corrected chi connectivity index (χ3v) is 2.80. The summed E-state index contributed by atoms with van der Waals surface area (Å²) >= 11 is 0. The SMILES string of the molecule is Cc1ccoc1C(Cc1ccccc1F)NN. The van der Waals surface area contributed by atoms with Crippen molar-refractivity contribution in [3.05, 3.63) is 59.3 Å². The smallest absolute Gasteiger partial charge is 0.126 e. The zero-order valence-corrected chi connectivity index (χ0v) is 9.61. The molecule has 0 saturated heterocycles. The zero-order chi connectivity index (χ0) is 12.3. The third-order valence-electron chi connectivity index (χ3n) is 2.80. The van der Waals surface area contributed by atoms with Crippen LogP contribution in [0.4, 0.5) is 4.39 Å². The fraction of sp³-hybridized carbons (Fsp3) is 0.231. The molecule has 3 nitrogen and oxygen atoms in total. The summed E-state index contributed by atoms with van der Waals surface area (Å²) in [6.07, 6.45) is 2.06. The number of nitrogens with one attached hydrogen (secondary N) is 1. The first-order valence-electron chi connectivity index (χ1n) is 5.46. The standard InChI is InChI=1S/C13H15FN2O/c1-9-6-7-17-13(9)12(16-15)8-10-4-2-3-5-11(10)14/h2-7,12,16H,8,15H2,1H3. The number of hydrazine groups is 1. The molecule has 0 aliphatic carbocycles. The first-order valence-corrected chi connectivity index (χ1v) is 5.46. The van der Waals surface area contributed by atoms with Gasteiger partial charge in [0, 0.05) is 0 Å². The van der Waals surface area contributed by atoms with Crippen LogP contribution in [0.2, 0.25) is 0 Å². The van der Waals surface area contributed by atoms with Crippen molar-refractivity contribution in [1.29, 1.82) is 0 Å². The Balaban J connectivity index is 2.22. The molecule has 3 N–H and O–H groups in total. The minimum Gasteiger partial charge on any atom is -0.467 e. The third kappa shape index (κ3) is 2.54. The maximum Gasteiger partial charge on any atom is 0.126 e. The van der Waals surface area contributed by atoms with Crippen LogP contribution in [0.15, 0.2) is 41.0 Å². The van der Waals surface area contributed by atoms with E-state index in [1.807, 2.05) is 13.0 Å². The summed E-state index contributed by atoms with van der Waals surface area (Å²) in [4.78, 5) is 0. The van der Waals surface area contributed by atoms with Gasteiger partial charge in [-0.1, -0.05) is 18.2 Å². The highest BCUT2D eigenvalue weighted by atomic mass is 19.1. The highest BCUT2D eigenvalue weighted by Crippen LogP contribution is 2.22. The van der Waals surface area contributed by atoms with Crippen LogP contribution in [0.5, 0.6) is 0 Å². The second-order valence-electron chi connectivity index (χ2n) is 3.98. The van der Waals surface area contributed by atoms with Gasteiger partial charge in [0.2, 0.25) is 0 Å². The van der Waals surface area contributed by atoms with Gasteiger partial charge in [0.15, 0.2) is 0 Å². The minimum atomic E-state index is -0.225. The molecule has 0 amide bonds. The van der Waals surface area contributed by atoms with Gasteiger partial charge in [0.1, 0.15) is 11.6 Å². The Kier molecular flexibility index (Phi) is 3.56. The van der Waals surface area contributed by atoms with Gasteiger partial charge >= 0.3 is 0 Å². The predicted octanol–water partition coefficient (Wildman–Crippen LogP) is 2.47. The molecule has 0 bridgehead atoms. The zero-order valence-electron chi connectivity index (χ0n) is 9.61. The van der Waals surface area contributed by atoms with Crippen molar-refractivity contribution in [2.24, 2.45) is 5.84 Å². The Morgan fingerprint density at radius 2 is 2.12 bits per heavy atom. The van der Waals surface area contributed by atoms with Crippen LogP contribution in [0, 0.1) is 12.7 Å². The summed E-state index contributed by atoms with van der Waals surface area (Å²) in [6.45, 7) is 1.94. The molecule has 0 saturated carbocycles. The molecule has 0 fully saturated rings. The lowest BCUT2D eigenvalue weighted by molar-refractivity contribution is 0.409. The number of benzene rings is 1. The lowest BCUT2D eigenvalue weighted by atomic mass is 10.0. The maximum atomic E-state index is 13.5. The van der Waals surface area contributed by atoms with E-state index in [2.05, 4.69) is 5.43 Å². The summed E-state index contributed by atoms with van der Waals surface area (Å²) in [5, 5.41) is 0. The number of furan rings is 1. The van der Waals surface area contributed by atoms with Crippen LogP contribution in [-0.2, 0) is 6.42 Å². The van der Waals surface area contributed by atoms with Gasteiger partial charge in [-0.3, -0.25) is 5.84 Å². The van der Waals surface area contributed by atoms with Crippen molar-refractivity contribution in [3.63, 3.8) is 0 Å². The van der Waals surface area contributed by atoms with Crippen LogP contribution in [0.25, 0.3) is 0 Å². The number of nitrogens with two attached hydrogens (primary N) is 1. The Morgan fingerprint density at radius 1 is 1.35 bits per heavy atom. The van der Waals surface area contributed by atoms with Crippen LogP contribution < -0.4 is 11.3 Å². The summed E-state index contributed by atoms with van der Waals surface area (Å²) in [5.41, 5.74) is 4.28. The van der Waals surface area contributed by atoms with Crippen LogP contribution >= 0.6 is 0 Å². The fourth-order valence-corrected chi connectivity index (χ4v) is 1.85. The van der Waals surface area contributed by atoms with Gasteiger partial charge in [0.25, 0.3) is 0 Å².